The molecule has 0 N–H and O–H groups in total. The van der Waals surface area contributed by atoms with E-state index in [1.165, 1.54) is 16.4 Å². The highest BCUT2D eigenvalue weighted by atomic mass is 79.9. The second-order valence-corrected chi connectivity index (χ2v) is 7.19. The summed E-state index contributed by atoms with van der Waals surface area (Å²) in [5.41, 5.74) is 0. The molecule has 0 saturated heterocycles. The molecule has 2 aromatic rings. The zero-order valence-corrected chi connectivity index (χ0v) is 15.7. The van der Waals surface area contributed by atoms with Gasteiger partial charge in [0.2, 0.25) is 0 Å². The minimum absolute atomic E-state index is 0.0951. The topological polar surface area (TPSA) is 38.1 Å². The van der Waals surface area contributed by atoms with Gasteiger partial charge in [0.25, 0.3) is 0 Å². The van der Waals surface area contributed by atoms with Crippen molar-refractivity contribution in [2.45, 2.75) is 23.8 Å². The van der Waals surface area contributed by atoms with E-state index in [-0.39, 0.29) is 6.03 Å². The molecule has 0 unspecified atom stereocenters. The summed E-state index contributed by atoms with van der Waals surface area (Å²) in [7, 11) is 0. The van der Waals surface area contributed by atoms with Crippen LogP contribution in [0.25, 0.3) is 0 Å². The molecule has 112 valence electrons. The molecule has 0 aliphatic heterocycles. The highest BCUT2D eigenvalue weighted by Crippen LogP contribution is 2.31. The largest absolute Gasteiger partial charge is 0.344 e. The Morgan fingerprint density at radius 1 is 1.24 bits per heavy atom. The molecule has 1 amide bonds. The molecule has 0 atom stereocenters. The first-order valence-corrected chi connectivity index (χ1v) is 8.92. The van der Waals surface area contributed by atoms with E-state index in [0.29, 0.717) is 13.1 Å². The maximum Gasteiger partial charge on any atom is 0.344 e. The molecule has 0 aliphatic carbocycles. The molecule has 0 radical (unpaired) electrons. The van der Waals surface area contributed by atoms with Crippen molar-refractivity contribution in [1.29, 1.82) is 0 Å². The van der Waals surface area contributed by atoms with E-state index in [0.717, 1.165) is 18.9 Å². The predicted molar refractivity (Wildman–Crippen MR) is 91.9 cm³/mol. The fraction of sp³-hybridized carbons (Fsp3) is 0.286. The molecule has 1 aromatic heterocycles. The van der Waals surface area contributed by atoms with Crippen molar-refractivity contribution >= 4 is 49.7 Å². The maximum atomic E-state index is 12.2. The summed E-state index contributed by atoms with van der Waals surface area (Å²) in [6.07, 6.45) is 1.70. The molecule has 0 fully saturated rings. The van der Waals surface area contributed by atoms with Gasteiger partial charge in [0.1, 0.15) is 5.03 Å². The van der Waals surface area contributed by atoms with E-state index < -0.39 is 0 Å². The van der Waals surface area contributed by atoms with E-state index in [2.05, 4.69) is 37.0 Å². The predicted octanol–water partition coefficient (Wildman–Crippen LogP) is 4.87. The Morgan fingerprint density at radius 3 is 2.43 bits per heavy atom. The fourth-order valence-corrected chi connectivity index (χ4v) is 4.28. The molecule has 1 aromatic carbocycles. The second-order valence-electron chi connectivity index (χ2n) is 4.26. The smallest absolute Gasteiger partial charge is 0.323 e. The molecule has 0 bridgehead atoms. The highest BCUT2D eigenvalue weighted by Gasteiger charge is 2.13. The number of amides is 1. The number of aromatic nitrogens is 2. The average molecular weight is 433 g/mol. The number of carbonyl (C=O) groups is 1. The Labute approximate surface area is 145 Å². The first kappa shape index (κ1) is 16.6. The molecule has 1 heterocycles. The van der Waals surface area contributed by atoms with Crippen LogP contribution in [-0.4, -0.2) is 33.8 Å². The lowest BCUT2D eigenvalue weighted by atomic mass is 10.4. The number of nitrogens with zero attached hydrogens (tertiary/aromatic N) is 3. The van der Waals surface area contributed by atoms with E-state index in [4.69, 9.17) is 0 Å². The quantitative estimate of drug-likeness (QED) is 0.691. The third-order valence-corrected chi connectivity index (χ3v) is 4.67. The molecule has 21 heavy (non-hydrogen) atoms. The van der Waals surface area contributed by atoms with Crippen LogP contribution >= 0.6 is 43.6 Å². The van der Waals surface area contributed by atoms with E-state index in [9.17, 15) is 4.79 Å². The van der Waals surface area contributed by atoms with Crippen LogP contribution in [0.5, 0.6) is 0 Å². The molecule has 2 rings (SSSR count). The van der Waals surface area contributed by atoms with Gasteiger partial charge >= 0.3 is 6.03 Å². The summed E-state index contributed by atoms with van der Waals surface area (Å²) >= 11 is 8.44. The Hall–Kier alpha value is -0.790. The first-order valence-electron chi connectivity index (χ1n) is 6.52. The Kier molecular flexibility index (Phi) is 5.89. The van der Waals surface area contributed by atoms with Crippen molar-refractivity contribution in [1.82, 2.24) is 14.7 Å². The lowest BCUT2D eigenvalue weighted by Gasteiger charge is -2.17. The maximum absolute atomic E-state index is 12.2. The average Bonchev–Trinajstić information content (AvgIpc) is 2.87. The van der Waals surface area contributed by atoms with Crippen molar-refractivity contribution < 1.29 is 4.79 Å². The minimum atomic E-state index is -0.0951. The Morgan fingerprint density at radius 2 is 1.86 bits per heavy atom. The Bertz CT molecular complexity index is 621. The number of halogens is 2. The van der Waals surface area contributed by atoms with Crippen LogP contribution in [0.15, 0.2) is 49.3 Å². The van der Waals surface area contributed by atoms with Crippen LogP contribution in [0.1, 0.15) is 13.8 Å². The van der Waals surface area contributed by atoms with E-state index in [1.807, 2.05) is 38.1 Å². The van der Waals surface area contributed by atoms with Gasteiger partial charge in [-0.3, -0.25) is 0 Å². The lowest BCUT2D eigenvalue weighted by molar-refractivity contribution is 0.201. The van der Waals surface area contributed by atoms with Crippen LogP contribution in [0, 0.1) is 0 Å². The minimum Gasteiger partial charge on any atom is -0.323 e. The van der Waals surface area contributed by atoms with Crippen molar-refractivity contribution in [2.75, 3.05) is 13.1 Å². The van der Waals surface area contributed by atoms with Gasteiger partial charge in [-0.05, 0) is 38.1 Å². The van der Waals surface area contributed by atoms with Gasteiger partial charge in [0, 0.05) is 33.1 Å². The van der Waals surface area contributed by atoms with Crippen LogP contribution < -0.4 is 0 Å². The molecule has 0 aliphatic rings. The third kappa shape index (κ3) is 4.34. The number of rotatable bonds is 4. The van der Waals surface area contributed by atoms with Gasteiger partial charge in [-0.15, -0.1) is 0 Å². The second kappa shape index (κ2) is 7.47. The molecular weight excluding hydrogens is 418 g/mol. The van der Waals surface area contributed by atoms with Crippen molar-refractivity contribution in [2.24, 2.45) is 0 Å². The number of hydrogen-bond donors (Lipinski definition) is 0. The van der Waals surface area contributed by atoms with Crippen LogP contribution in [0.2, 0.25) is 0 Å². The summed E-state index contributed by atoms with van der Waals surface area (Å²) in [5.74, 6) is 0. The number of hydrogen-bond acceptors (Lipinski definition) is 3. The molecule has 0 saturated carbocycles. The van der Waals surface area contributed by atoms with E-state index in [1.54, 1.807) is 11.1 Å². The van der Waals surface area contributed by atoms with E-state index >= 15 is 0 Å². The standard InChI is InChI=1S/C14H15Br2N3OS/c1-3-18(4-2)14(20)19-6-5-13(17-19)21-12-8-10(15)7-11(16)9-12/h5-9H,3-4H2,1-2H3. The number of carbonyl (C=O) groups excluding carboxylic acids is 1. The highest BCUT2D eigenvalue weighted by molar-refractivity contribution is 9.11. The third-order valence-electron chi connectivity index (χ3n) is 2.85. The van der Waals surface area contributed by atoms with Crippen LogP contribution in [-0.2, 0) is 0 Å². The summed E-state index contributed by atoms with van der Waals surface area (Å²) in [4.78, 5) is 15.0. The Balaban J connectivity index is 2.14. The summed E-state index contributed by atoms with van der Waals surface area (Å²) in [6.45, 7) is 5.27. The van der Waals surface area contributed by atoms with Gasteiger partial charge in [0.15, 0.2) is 0 Å². The first-order chi connectivity index (χ1) is 10.0. The van der Waals surface area contributed by atoms with Crippen LogP contribution in [0.3, 0.4) is 0 Å². The zero-order chi connectivity index (χ0) is 15.4. The zero-order valence-electron chi connectivity index (χ0n) is 11.7. The lowest BCUT2D eigenvalue weighted by Crippen LogP contribution is -2.34. The van der Waals surface area contributed by atoms with Crippen molar-refractivity contribution in [3.63, 3.8) is 0 Å². The monoisotopic (exact) mass is 431 g/mol. The van der Waals surface area contributed by atoms with Gasteiger partial charge < -0.3 is 4.90 Å². The molecular formula is C14H15Br2N3OS. The van der Waals surface area contributed by atoms with Gasteiger partial charge in [-0.1, -0.05) is 43.6 Å². The fourth-order valence-electron chi connectivity index (χ4n) is 1.82. The van der Waals surface area contributed by atoms with Gasteiger partial charge in [0.05, 0.1) is 0 Å². The number of benzene rings is 1. The van der Waals surface area contributed by atoms with Crippen LogP contribution in [0.4, 0.5) is 4.79 Å². The summed E-state index contributed by atoms with van der Waals surface area (Å²) in [5, 5.41) is 5.13. The molecule has 0 spiro atoms. The molecule has 7 heteroatoms. The molecule has 4 nitrogen and oxygen atoms in total. The van der Waals surface area contributed by atoms with Gasteiger partial charge in [-0.25, -0.2) is 4.79 Å². The van der Waals surface area contributed by atoms with Crippen molar-refractivity contribution in [3.05, 3.63) is 39.4 Å². The normalized spacial score (nSPS) is 10.7. The van der Waals surface area contributed by atoms with Crippen molar-refractivity contribution in [3.8, 4) is 0 Å². The SMILES string of the molecule is CCN(CC)C(=O)n1ccc(Sc2cc(Br)cc(Br)c2)n1. The summed E-state index contributed by atoms with van der Waals surface area (Å²) in [6, 6.07) is 7.76. The van der Waals surface area contributed by atoms with Gasteiger partial charge in [-0.2, -0.15) is 9.78 Å². The summed E-state index contributed by atoms with van der Waals surface area (Å²) < 4.78 is 3.39.